The number of hydrogen-bond acceptors (Lipinski definition) is 2. The van der Waals surface area contributed by atoms with Crippen LogP contribution in [0.4, 0.5) is 0 Å². The van der Waals surface area contributed by atoms with Crippen LogP contribution in [0.2, 0.25) is 0 Å². The summed E-state index contributed by atoms with van der Waals surface area (Å²) in [6.07, 6.45) is 5.29. The molecule has 2 aromatic carbocycles. The molecule has 1 aliphatic heterocycles. The Labute approximate surface area is 156 Å². The average Bonchev–Trinajstić information content (AvgIpc) is 3.30. The zero-order valence-corrected chi connectivity index (χ0v) is 15.6. The normalized spacial score (nSPS) is 20.9. The summed E-state index contributed by atoms with van der Waals surface area (Å²) in [6, 6.07) is 16.0. The van der Waals surface area contributed by atoms with E-state index in [9.17, 15) is 4.79 Å². The second-order valence-corrected chi connectivity index (χ2v) is 7.31. The predicted octanol–water partition coefficient (Wildman–Crippen LogP) is 4.46. The van der Waals surface area contributed by atoms with Crippen molar-refractivity contribution in [2.45, 2.75) is 57.2 Å². The van der Waals surface area contributed by atoms with Gasteiger partial charge >= 0.3 is 0 Å². The van der Waals surface area contributed by atoms with Crippen molar-refractivity contribution in [3.8, 4) is 0 Å². The first-order chi connectivity index (χ1) is 11.7. The zero-order valence-electron chi connectivity index (χ0n) is 14.8. The Balaban J connectivity index is 0.00000182. The van der Waals surface area contributed by atoms with Gasteiger partial charge in [0.2, 0.25) is 5.91 Å². The molecule has 0 bridgehead atoms. The molecule has 0 aromatic heterocycles. The number of rotatable bonds is 5. The van der Waals surface area contributed by atoms with Gasteiger partial charge in [0.25, 0.3) is 0 Å². The fraction of sp³-hybridized carbons (Fsp3) is 0.476. The second-order valence-electron chi connectivity index (χ2n) is 7.31. The van der Waals surface area contributed by atoms with Crippen molar-refractivity contribution < 1.29 is 4.79 Å². The number of carbonyl (C=O) groups is 1. The summed E-state index contributed by atoms with van der Waals surface area (Å²) in [5.41, 5.74) is 1.24. The van der Waals surface area contributed by atoms with Crippen LogP contribution in [0.15, 0.2) is 42.5 Å². The third-order valence-electron chi connectivity index (χ3n) is 5.48. The van der Waals surface area contributed by atoms with Gasteiger partial charge in [0, 0.05) is 18.5 Å². The van der Waals surface area contributed by atoms with Gasteiger partial charge in [-0.15, -0.1) is 12.4 Å². The van der Waals surface area contributed by atoms with Crippen LogP contribution in [0.5, 0.6) is 0 Å². The molecule has 1 aliphatic carbocycles. The lowest BCUT2D eigenvalue weighted by atomic mass is 10.0. The average molecular weight is 359 g/mol. The minimum atomic E-state index is 0. The monoisotopic (exact) mass is 358 g/mol. The van der Waals surface area contributed by atoms with Gasteiger partial charge in [-0.1, -0.05) is 36.4 Å². The molecule has 0 spiro atoms. The highest BCUT2D eigenvalue weighted by Gasteiger charge is 2.37. The molecule has 4 rings (SSSR count). The van der Waals surface area contributed by atoms with Crippen molar-refractivity contribution in [3.05, 3.63) is 48.0 Å². The van der Waals surface area contributed by atoms with Crippen molar-refractivity contribution in [3.63, 3.8) is 0 Å². The number of carbonyl (C=O) groups excluding carboxylic acids is 1. The van der Waals surface area contributed by atoms with Crippen LogP contribution in [0, 0.1) is 0 Å². The highest BCUT2D eigenvalue weighted by molar-refractivity contribution is 5.85. The first-order valence-electron chi connectivity index (χ1n) is 9.25. The smallest absolute Gasteiger partial charge is 0.224 e. The van der Waals surface area contributed by atoms with E-state index in [4.69, 9.17) is 0 Å². The highest BCUT2D eigenvalue weighted by atomic mass is 35.5. The molecule has 1 heterocycles. The number of fused-ring (bicyclic) bond motifs is 1. The van der Waals surface area contributed by atoms with Crippen molar-refractivity contribution in [1.29, 1.82) is 0 Å². The van der Waals surface area contributed by atoms with E-state index in [0.29, 0.717) is 24.4 Å². The third-order valence-corrected chi connectivity index (χ3v) is 5.48. The maximum Gasteiger partial charge on any atom is 0.224 e. The number of hydrogen-bond donors (Lipinski definition) is 1. The Morgan fingerprint density at radius 1 is 1.16 bits per heavy atom. The van der Waals surface area contributed by atoms with Gasteiger partial charge in [-0.05, 0) is 61.6 Å². The topological polar surface area (TPSA) is 32.3 Å². The minimum Gasteiger partial charge on any atom is -0.333 e. The largest absolute Gasteiger partial charge is 0.333 e. The molecule has 1 saturated carbocycles. The van der Waals surface area contributed by atoms with Crippen molar-refractivity contribution in [2.75, 3.05) is 6.54 Å². The molecule has 0 radical (unpaired) electrons. The van der Waals surface area contributed by atoms with Crippen LogP contribution in [-0.2, 0) is 4.79 Å². The molecular formula is C21H27ClN2O. The van der Waals surface area contributed by atoms with Gasteiger partial charge in [0.05, 0.1) is 6.04 Å². The molecule has 2 aromatic rings. The van der Waals surface area contributed by atoms with Crippen LogP contribution in [0.1, 0.15) is 50.6 Å². The summed E-state index contributed by atoms with van der Waals surface area (Å²) in [7, 11) is 0. The van der Waals surface area contributed by atoms with Gasteiger partial charge in [-0.3, -0.25) is 4.79 Å². The Kier molecular flexibility index (Phi) is 5.65. The predicted molar refractivity (Wildman–Crippen MR) is 105 cm³/mol. The van der Waals surface area contributed by atoms with Crippen LogP contribution >= 0.6 is 12.4 Å². The molecule has 1 saturated heterocycles. The standard InChI is InChI=1S/C21H26N2O.ClH/c1-15(17-9-8-16-5-2-3-6-18(16)13-17)23(20-10-11-20)21(24)14-19-7-4-12-22-19;/h2-3,5-6,8-9,13,15,19-20,22H,4,7,10-12,14H2,1H3;1H. The Morgan fingerprint density at radius 3 is 2.60 bits per heavy atom. The van der Waals surface area contributed by atoms with Gasteiger partial charge in [-0.2, -0.15) is 0 Å². The quantitative estimate of drug-likeness (QED) is 0.856. The van der Waals surface area contributed by atoms with Gasteiger partial charge < -0.3 is 10.2 Å². The van der Waals surface area contributed by atoms with Gasteiger partial charge in [-0.25, -0.2) is 0 Å². The second kappa shape index (κ2) is 7.76. The summed E-state index contributed by atoms with van der Waals surface area (Å²) in [4.78, 5) is 15.1. The Hall–Kier alpha value is -1.58. The first-order valence-corrected chi connectivity index (χ1v) is 9.25. The number of amides is 1. The lowest BCUT2D eigenvalue weighted by Gasteiger charge is -2.31. The summed E-state index contributed by atoms with van der Waals surface area (Å²) in [6.45, 7) is 3.24. The van der Waals surface area contributed by atoms with Crippen LogP contribution in [0.3, 0.4) is 0 Å². The molecule has 1 N–H and O–H groups in total. The summed E-state index contributed by atoms with van der Waals surface area (Å²) >= 11 is 0. The molecule has 2 aliphatic rings. The lowest BCUT2D eigenvalue weighted by molar-refractivity contribution is -0.134. The molecule has 134 valence electrons. The fourth-order valence-electron chi connectivity index (χ4n) is 3.96. The summed E-state index contributed by atoms with van der Waals surface area (Å²) in [5, 5.41) is 5.97. The van der Waals surface area contributed by atoms with Gasteiger partial charge in [0.1, 0.15) is 0 Å². The highest BCUT2D eigenvalue weighted by Crippen LogP contribution is 2.36. The SMILES string of the molecule is CC(c1ccc2ccccc2c1)N(C(=O)CC1CCCN1)C1CC1.Cl. The molecule has 4 heteroatoms. The molecule has 2 unspecified atom stereocenters. The summed E-state index contributed by atoms with van der Waals surface area (Å²) in [5.74, 6) is 0.317. The fourth-order valence-corrected chi connectivity index (χ4v) is 3.96. The number of nitrogens with zero attached hydrogens (tertiary/aromatic N) is 1. The van der Waals surface area contributed by atoms with Crippen molar-refractivity contribution in [2.24, 2.45) is 0 Å². The maximum atomic E-state index is 12.9. The Morgan fingerprint density at radius 2 is 1.92 bits per heavy atom. The number of halogens is 1. The van der Waals surface area contributed by atoms with Crippen LogP contribution in [0.25, 0.3) is 10.8 Å². The van der Waals surface area contributed by atoms with E-state index in [1.54, 1.807) is 0 Å². The molecule has 1 amide bonds. The van der Waals surface area contributed by atoms with Crippen molar-refractivity contribution in [1.82, 2.24) is 10.2 Å². The maximum absolute atomic E-state index is 12.9. The molecular weight excluding hydrogens is 332 g/mol. The number of nitrogens with one attached hydrogen (secondary N) is 1. The van der Waals surface area contributed by atoms with Crippen LogP contribution in [-0.4, -0.2) is 29.4 Å². The third kappa shape index (κ3) is 3.99. The minimum absolute atomic E-state index is 0. The molecule has 25 heavy (non-hydrogen) atoms. The zero-order chi connectivity index (χ0) is 16.5. The number of benzene rings is 2. The first kappa shape index (κ1) is 18.2. The van der Waals surface area contributed by atoms with E-state index < -0.39 is 0 Å². The van der Waals surface area contributed by atoms with E-state index in [-0.39, 0.29) is 18.4 Å². The van der Waals surface area contributed by atoms with Gasteiger partial charge in [0.15, 0.2) is 0 Å². The molecule has 3 nitrogen and oxygen atoms in total. The summed E-state index contributed by atoms with van der Waals surface area (Å²) < 4.78 is 0. The van der Waals surface area contributed by atoms with Crippen molar-refractivity contribution >= 4 is 29.1 Å². The Bertz CT molecular complexity index is 738. The van der Waals surface area contributed by atoms with E-state index in [1.165, 1.54) is 22.8 Å². The lowest BCUT2D eigenvalue weighted by Crippen LogP contribution is -2.39. The van der Waals surface area contributed by atoms with E-state index >= 15 is 0 Å². The molecule has 2 fully saturated rings. The van der Waals surface area contributed by atoms with E-state index in [2.05, 4.69) is 59.6 Å². The van der Waals surface area contributed by atoms with E-state index in [1.807, 2.05) is 0 Å². The van der Waals surface area contributed by atoms with E-state index in [0.717, 1.165) is 25.8 Å². The molecule has 2 atom stereocenters. The van der Waals surface area contributed by atoms with Crippen LogP contribution < -0.4 is 5.32 Å².